The maximum atomic E-state index is 12.2. The molecule has 31 heavy (non-hydrogen) atoms. The smallest absolute Gasteiger partial charge is 0.406 e. The van der Waals surface area contributed by atoms with Crippen molar-refractivity contribution in [3.63, 3.8) is 0 Å². The van der Waals surface area contributed by atoms with Crippen molar-refractivity contribution in [2.75, 3.05) is 27.7 Å². The van der Waals surface area contributed by atoms with E-state index in [1.54, 1.807) is 45.4 Å². The molecule has 0 heterocycles. The van der Waals surface area contributed by atoms with Crippen LogP contribution in [0.1, 0.15) is 21.5 Å². The normalized spacial score (nSPS) is 11.4. The number of nitrogens with one attached hydrogen (secondary N) is 2. The lowest BCUT2D eigenvalue weighted by Gasteiger charge is -2.13. The average Bonchev–Trinajstić information content (AvgIpc) is 2.70. The molecule has 0 saturated heterocycles. The maximum absolute atomic E-state index is 12.2. The topological polar surface area (TPSA) is 66.0 Å². The summed E-state index contributed by atoms with van der Waals surface area (Å²) in [5.41, 5.74) is 2.49. The predicted molar refractivity (Wildman–Crippen MR) is 125 cm³/mol. The molecule has 0 aromatic heterocycles. The number of aliphatic imine (C=N–C) groups is 1. The van der Waals surface area contributed by atoms with Gasteiger partial charge in [0.05, 0.1) is 0 Å². The van der Waals surface area contributed by atoms with Crippen molar-refractivity contribution in [3.8, 4) is 5.75 Å². The number of amides is 1. The van der Waals surface area contributed by atoms with E-state index in [9.17, 15) is 18.0 Å². The minimum Gasteiger partial charge on any atom is -0.406 e. The predicted octanol–water partition coefficient (Wildman–Crippen LogP) is 3.81. The van der Waals surface area contributed by atoms with Crippen molar-refractivity contribution in [1.29, 1.82) is 0 Å². The number of halogens is 4. The summed E-state index contributed by atoms with van der Waals surface area (Å²) in [5.74, 6) is 0.306. The summed E-state index contributed by atoms with van der Waals surface area (Å²) in [6, 6.07) is 13.1. The minimum atomic E-state index is -4.69. The lowest BCUT2D eigenvalue weighted by atomic mass is 10.1. The van der Waals surface area contributed by atoms with Crippen LogP contribution in [0, 0.1) is 0 Å². The van der Waals surface area contributed by atoms with Crippen LogP contribution in [0.25, 0.3) is 0 Å². The zero-order chi connectivity index (χ0) is 22.1. The molecule has 0 aliphatic carbocycles. The zero-order valence-electron chi connectivity index (χ0n) is 17.5. The van der Waals surface area contributed by atoms with Crippen molar-refractivity contribution < 1.29 is 22.7 Å². The highest BCUT2D eigenvalue weighted by Gasteiger charge is 2.30. The van der Waals surface area contributed by atoms with E-state index in [-0.39, 0.29) is 35.6 Å². The molecule has 0 atom stereocenters. The average molecular weight is 550 g/mol. The van der Waals surface area contributed by atoms with Crippen LogP contribution in [-0.4, -0.2) is 50.8 Å². The summed E-state index contributed by atoms with van der Waals surface area (Å²) in [5, 5.41) is 6.33. The van der Waals surface area contributed by atoms with Gasteiger partial charge in [0.25, 0.3) is 5.91 Å². The van der Waals surface area contributed by atoms with Crippen LogP contribution in [0.2, 0.25) is 0 Å². The van der Waals surface area contributed by atoms with Crippen molar-refractivity contribution in [3.05, 3.63) is 65.2 Å². The van der Waals surface area contributed by atoms with E-state index < -0.39 is 6.36 Å². The van der Waals surface area contributed by atoms with Gasteiger partial charge in [0.15, 0.2) is 5.96 Å². The van der Waals surface area contributed by atoms with Gasteiger partial charge in [-0.05, 0) is 41.8 Å². The van der Waals surface area contributed by atoms with Crippen molar-refractivity contribution in [2.45, 2.75) is 19.3 Å². The third kappa shape index (κ3) is 9.45. The molecule has 0 aliphatic rings. The highest BCUT2D eigenvalue weighted by atomic mass is 127. The molecule has 0 spiro atoms. The third-order valence-corrected chi connectivity index (χ3v) is 4.15. The van der Waals surface area contributed by atoms with Gasteiger partial charge in [0, 0.05) is 39.8 Å². The number of hydrogen-bond acceptors (Lipinski definition) is 3. The second kappa shape index (κ2) is 12.4. The van der Waals surface area contributed by atoms with Crippen LogP contribution in [0.5, 0.6) is 5.75 Å². The van der Waals surface area contributed by atoms with Gasteiger partial charge < -0.3 is 20.3 Å². The molecule has 2 aromatic carbocycles. The van der Waals surface area contributed by atoms with Gasteiger partial charge in [-0.15, -0.1) is 37.1 Å². The number of ether oxygens (including phenoxy) is 1. The SMILES string of the molecule is CN=C(NCCc1ccc(OC(F)(F)F)cc1)NCc1ccc(C(=O)N(C)C)cc1.I. The van der Waals surface area contributed by atoms with E-state index in [0.717, 1.165) is 11.1 Å². The molecule has 2 N–H and O–H groups in total. The summed E-state index contributed by atoms with van der Waals surface area (Å²) in [7, 11) is 5.06. The van der Waals surface area contributed by atoms with Crippen LogP contribution in [-0.2, 0) is 13.0 Å². The Labute approximate surface area is 196 Å². The number of carbonyl (C=O) groups is 1. The fourth-order valence-electron chi connectivity index (χ4n) is 2.61. The lowest BCUT2D eigenvalue weighted by Crippen LogP contribution is -2.37. The molecule has 10 heteroatoms. The second-order valence-electron chi connectivity index (χ2n) is 6.69. The Bertz CT molecular complexity index is 854. The number of alkyl halides is 3. The first-order valence-electron chi connectivity index (χ1n) is 9.28. The Kier molecular flexibility index (Phi) is 10.6. The maximum Gasteiger partial charge on any atom is 0.573 e. The van der Waals surface area contributed by atoms with Crippen molar-refractivity contribution in [1.82, 2.24) is 15.5 Å². The highest BCUT2D eigenvalue weighted by Crippen LogP contribution is 2.22. The molecule has 0 fully saturated rings. The fraction of sp³-hybridized carbons (Fsp3) is 0.333. The molecule has 6 nitrogen and oxygen atoms in total. The van der Waals surface area contributed by atoms with Crippen LogP contribution in [0.15, 0.2) is 53.5 Å². The van der Waals surface area contributed by atoms with E-state index in [0.29, 0.717) is 31.0 Å². The van der Waals surface area contributed by atoms with E-state index in [1.807, 2.05) is 12.1 Å². The van der Waals surface area contributed by atoms with Gasteiger partial charge in [0.1, 0.15) is 5.75 Å². The Morgan fingerprint density at radius 2 is 1.58 bits per heavy atom. The molecular weight excluding hydrogens is 524 g/mol. The van der Waals surface area contributed by atoms with Gasteiger partial charge in [-0.2, -0.15) is 0 Å². The first kappa shape index (κ1) is 26.5. The summed E-state index contributed by atoms with van der Waals surface area (Å²) in [6.07, 6.45) is -4.09. The van der Waals surface area contributed by atoms with Crippen LogP contribution in [0.4, 0.5) is 13.2 Å². The van der Waals surface area contributed by atoms with Crippen molar-refractivity contribution in [2.24, 2.45) is 4.99 Å². The summed E-state index contributed by atoms with van der Waals surface area (Å²) >= 11 is 0. The molecular formula is C21H26F3IN4O2. The highest BCUT2D eigenvalue weighted by molar-refractivity contribution is 14.0. The minimum absolute atomic E-state index is 0. The van der Waals surface area contributed by atoms with E-state index >= 15 is 0 Å². The third-order valence-electron chi connectivity index (χ3n) is 4.15. The lowest BCUT2D eigenvalue weighted by molar-refractivity contribution is -0.274. The van der Waals surface area contributed by atoms with E-state index in [4.69, 9.17) is 0 Å². The standard InChI is InChI=1S/C21H25F3N4O2.HI/c1-25-20(27-14-16-4-8-17(9-5-16)19(29)28(2)3)26-13-12-15-6-10-18(11-7-15)30-21(22,23)24;/h4-11H,12-14H2,1-3H3,(H2,25,26,27);1H. The number of rotatable bonds is 7. The summed E-state index contributed by atoms with van der Waals surface area (Å²) < 4.78 is 40.4. The monoisotopic (exact) mass is 550 g/mol. The summed E-state index contributed by atoms with van der Waals surface area (Å²) in [4.78, 5) is 17.6. The van der Waals surface area contributed by atoms with Crippen molar-refractivity contribution >= 4 is 35.8 Å². The van der Waals surface area contributed by atoms with Gasteiger partial charge in [-0.3, -0.25) is 9.79 Å². The van der Waals surface area contributed by atoms with Gasteiger partial charge >= 0.3 is 6.36 Å². The number of nitrogens with zero attached hydrogens (tertiary/aromatic N) is 2. The molecule has 0 bridgehead atoms. The van der Waals surface area contributed by atoms with Gasteiger partial charge in [-0.1, -0.05) is 24.3 Å². The van der Waals surface area contributed by atoms with Crippen LogP contribution < -0.4 is 15.4 Å². The number of guanidine groups is 1. The van der Waals surface area contributed by atoms with E-state index in [1.165, 1.54) is 17.0 Å². The Balaban J connectivity index is 0.00000480. The molecule has 170 valence electrons. The summed E-state index contributed by atoms with van der Waals surface area (Å²) in [6.45, 7) is 1.08. The molecule has 1 amide bonds. The van der Waals surface area contributed by atoms with Crippen LogP contribution >= 0.6 is 24.0 Å². The molecule has 2 rings (SSSR count). The number of hydrogen-bond donors (Lipinski definition) is 2. The zero-order valence-corrected chi connectivity index (χ0v) is 19.8. The Morgan fingerprint density at radius 3 is 2.10 bits per heavy atom. The first-order valence-corrected chi connectivity index (χ1v) is 9.28. The Hall–Kier alpha value is -2.50. The largest absolute Gasteiger partial charge is 0.573 e. The van der Waals surface area contributed by atoms with E-state index in [2.05, 4.69) is 20.4 Å². The fourth-order valence-corrected chi connectivity index (χ4v) is 2.61. The van der Waals surface area contributed by atoms with Gasteiger partial charge in [-0.25, -0.2) is 0 Å². The Morgan fingerprint density at radius 1 is 1.00 bits per heavy atom. The number of carbonyl (C=O) groups excluding carboxylic acids is 1. The quantitative estimate of drug-likeness (QED) is 0.313. The molecule has 0 radical (unpaired) electrons. The number of benzene rings is 2. The molecule has 0 saturated carbocycles. The second-order valence-corrected chi connectivity index (χ2v) is 6.69. The van der Waals surface area contributed by atoms with Gasteiger partial charge in [0.2, 0.25) is 0 Å². The van der Waals surface area contributed by atoms with Crippen LogP contribution in [0.3, 0.4) is 0 Å². The molecule has 0 unspecified atom stereocenters. The first-order chi connectivity index (χ1) is 14.2. The molecule has 2 aromatic rings. The molecule has 0 aliphatic heterocycles.